The average Bonchev–Trinajstić information content (AvgIpc) is 2.89. The Kier molecular flexibility index (Phi) is 7.40. The molecule has 0 aromatic carbocycles. The van der Waals surface area contributed by atoms with Crippen LogP contribution in [0.1, 0.15) is 73.6 Å². The number of carbonyl (C=O) groups is 4. The predicted molar refractivity (Wildman–Crippen MR) is 101 cm³/mol. The van der Waals surface area contributed by atoms with Crippen molar-refractivity contribution in [2.45, 2.75) is 84.7 Å². The summed E-state index contributed by atoms with van der Waals surface area (Å²) in [5.74, 6) is -1.48. The summed E-state index contributed by atoms with van der Waals surface area (Å²) in [6.45, 7) is 10.4. The number of hydrogen-bond donors (Lipinski definition) is 3. The standard InChI is InChI=1S/C19H33N3O5/c1-17(2,3)21-13(23)11-19(9-7-8-10-19)15(25)27-12-14(24)20-16(26)22-18(4,5)6/h7-12H2,1-6H3,(H,21,23)(H2,20,22,24,26). The largest absolute Gasteiger partial charge is 0.455 e. The van der Waals surface area contributed by atoms with Crippen LogP contribution in [-0.4, -0.2) is 41.5 Å². The number of ether oxygens (including phenoxy) is 1. The first-order valence-electron chi connectivity index (χ1n) is 9.33. The minimum atomic E-state index is -0.900. The van der Waals surface area contributed by atoms with Gasteiger partial charge in [-0.1, -0.05) is 12.8 Å². The highest BCUT2D eigenvalue weighted by molar-refractivity contribution is 5.96. The molecule has 0 heterocycles. The Bertz CT molecular complexity index is 581. The highest BCUT2D eigenvalue weighted by Crippen LogP contribution is 2.42. The quantitative estimate of drug-likeness (QED) is 0.629. The lowest BCUT2D eigenvalue weighted by Gasteiger charge is -2.28. The summed E-state index contributed by atoms with van der Waals surface area (Å²) in [5, 5.41) is 7.56. The fourth-order valence-corrected chi connectivity index (χ4v) is 3.09. The third-order valence-electron chi connectivity index (χ3n) is 4.08. The number of imide groups is 1. The van der Waals surface area contributed by atoms with Gasteiger partial charge >= 0.3 is 12.0 Å². The van der Waals surface area contributed by atoms with Gasteiger partial charge in [0.1, 0.15) is 0 Å². The first-order valence-corrected chi connectivity index (χ1v) is 9.33. The van der Waals surface area contributed by atoms with Crippen LogP contribution in [0.25, 0.3) is 0 Å². The second kappa shape index (κ2) is 8.71. The van der Waals surface area contributed by atoms with E-state index in [9.17, 15) is 19.2 Å². The summed E-state index contributed by atoms with van der Waals surface area (Å²) in [6.07, 6.45) is 2.80. The fraction of sp³-hybridized carbons (Fsp3) is 0.789. The van der Waals surface area contributed by atoms with E-state index in [4.69, 9.17) is 4.74 Å². The Hall–Kier alpha value is -2.12. The van der Waals surface area contributed by atoms with Crippen LogP contribution in [0.15, 0.2) is 0 Å². The van der Waals surface area contributed by atoms with Crippen LogP contribution in [-0.2, 0) is 19.1 Å². The van der Waals surface area contributed by atoms with Gasteiger partial charge < -0.3 is 15.4 Å². The van der Waals surface area contributed by atoms with Crippen LogP contribution >= 0.6 is 0 Å². The highest BCUT2D eigenvalue weighted by atomic mass is 16.5. The molecule has 0 radical (unpaired) electrons. The second-order valence-corrected chi connectivity index (χ2v) is 9.29. The molecule has 8 heteroatoms. The molecule has 0 aromatic rings. The van der Waals surface area contributed by atoms with Crippen molar-refractivity contribution >= 4 is 23.8 Å². The van der Waals surface area contributed by atoms with Crippen LogP contribution < -0.4 is 16.0 Å². The topological polar surface area (TPSA) is 114 Å². The Morgan fingerprint density at radius 3 is 1.85 bits per heavy atom. The van der Waals surface area contributed by atoms with Gasteiger partial charge in [-0.25, -0.2) is 4.79 Å². The van der Waals surface area contributed by atoms with Gasteiger partial charge in [0, 0.05) is 17.5 Å². The summed E-state index contributed by atoms with van der Waals surface area (Å²) < 4.78 is 5.14. The Labute approximate surface area is 161 Å². The molecule has 1 rings (SSSR count). The number of nitrogens with one attached hydrogen (secondary N) is 3. The lowest BCUT2D eigenvalue weighted by Crippen LogP contribution is -2.49. The summed E-state index contributed by atoms with van der Waals surface area (Å²) in [4.78, 5) is 48.4. The Balaban J connectivity index is 2.60. The molecule has 27 heavy (non-hydrogen) atoms. The normalized spacial score (nSPS) is 16.4. The molecule has 4 amide bonds. The van der Waals surface area contributed by atoms with E-state index in [2.05, 4.69) is 16.0 Å². The molecule has 8 nitrogen and oxygen atoms in total. The van der Waals surface area contributed by atoms with Gasteiger partial charge in [-0.3, -0.25) is 19.7 Å². The molecule has 0 unspecified atom stereocenters. The Morgan fingerprint density at radius 1 is 0.852 bits per heavy atom. The van der Waals surface area contributed by atoms with Gasteiger partial charge in [0.05, 0.1) is 5.41 Å². The van der Waals surface area contributed by atoms with Crippen molar-refractivity contribution < 1.29 is 23.9 Å². The van der Waals surface area contributed by atoms with Gasteiger partial charge in [0.2, 0.25) is 5.91 Å². The van der Waals surface area contributed by atoms with Crippen molar-refractivity contribution in [1.29, 1.82) is 0 Å². The molecule has 0 saturated heterocycles. The molecule has 1 aliphatic rings. The number of esters is 1. The lowest BCUT2D eigenvalue weighted by atomic mass is 9.82. The molecule has 0 spiro atoms. The summed E-state index contributed by atoms with van der Waals surface area (Å²) >= 11 is 0. The number of carbonyl (C=O) groups excluding carboxylic acids is 4. The second-order valence-electron chi connectivity index (χ2n) is 9.29. The van der Waals surface area contributed by atoms with Crippen LogP contribution in [0, 0.1) is 5.41 Å². The monoisotopic (exact) mass is 383 g/mol. The van der Waals surface area contributed by atoms with E-state index in [1.54, 1.807) is 20.8 Å². The number of hydrogen-bond acceptors (Lipinski definition) is 5. The Morgan fingerprint density at radius 2 is 1.37 bits per heavy atom. The van der Waals surface area contributed by atoms with Crippen LogP contribution in [0.2, 0.25) is 0 Å². The zero-order valence-corrected chi connectivity index (χ0v) is 17.3. The van der Waals surface area contributed by atoms with Crippen LogP contribution in [0.3, 0.4) is 0 Å². The highest BCUT2D eigenvalue weighted by Gasteiger charge is 2.44. The SMILES string of the molecule is CC(C)(C)NC(=O)CC1(C(=O)OCC(=O)NC(=O)NC(C)(C)C)CCCC1. The minimum Gasteiger partial charge on any atom is -0.455 e. The predicted octanol–water partition coefficient (Wildman–Crippen LogP) is 2.02. The van der Waals surface area contributed by atoms with Crippen molar-refractivity contribution in [3.8, 4) is 0 Å². The van der Waals surface area contributed by atoms with Gasteiger partial charge in [-0.2, -0.15) is 0 Å². The van der Waals surface area contributed by atoms with Crippen molar-refractivity contribution in [3.05, 3.63) is 0 Å². The van der Waals surface area contributed by atoms with E-state index in [0.717, 1.165) is 12.8 Å². The van der Waals surface area contributed by atoms with Crippen molar-refractivity contribution in [1.82, 2.24) is 16.0 Å². The van der Waals surface area contributed by atoms with E-state index in [1.165, 1.54) is 0 Å². The summed E-state index contributed by atoms with van der Waals surface area (Å²) in [5.41, 5.74) is -1.78. The zero-order chi connectivity index (χ0) is 20.9. The number of urea groups is 1. The molecule has 0 atom stereocenters. The first kappa shape index (κ1) is 22.9. The van der Waals surface area contributed by atoms with E-state index < -0.39 is 35.5 Å². The molecule has 3 N–H and O–H groups in total. The zero-order valence-electron chi connectivity index (χ0n) is 17.3. The van der Waals surface area contributed by atoms with E-state index >= 15 is 0 Å². The van der Waals surface area contributed by atoms with Crippen molar-refractivity contribution in [2.75, 3.05) is 6.61 Å². The lowest BCUT2D eigenvalue weighted by molar-refractivity contribution is -0.160. The van der Waals surface area contributed by atoms with Crippen LogP contribution in [0.5, 0.6) is 0 Å². The molecular weight excluding hydrogens is 350 g/mol. The maximum Gasteiger partial charge on any atom is 0.321 e. The van der Waals surface area contributed by atoms with E-state index in [1.807, 2.05) is 20.8 Å². The molecule has 0 bridgehead atoms. The third-order valence-corrected chi connectivity index (χ3v) is 4.08. The van der Waals surface area contributed by atoms with Crippen molar-refractivity contribution in [3.63, 3.8) is 0 Å². The molecule has 1 fully saturated rings. The van der Waals surface area contributed by atoms with E-state index in [0.29, 0.717) is 12.8 Å². The van der Waals surface area contributed by atoms with Gasteiger partial charge in [0.15, 0.2) is 6.61 Å². The van der Waals surface area contributed by atoms with Gasteiger partial charge in [-0.15, -0.1) is 0 Å². The summed E-state index contributed by atoms with van der Waals surface area (Å²) in [6, 6.07) is -0.649. The summed E-state index contributed by atoms with van der Waals surface area (Å²) in [7, 11) is 0. The van der Waals surface area contributed by atoms with Gasteiger partial charge in [-0.05, 0) is 54.4 Å². The smallest absolute Gasteiger partial charge is 0.321 e. The molecule has 1 saturated carbocycles. The maximum absolute atomic E-state index is 12.6. The van der Waals surface area contributed by atoms with E-state index in [-0.39, 0.29) is 17.9 Å². The van der Waals surface area contributed by atoms with Crippen molar-refractivity contribution in [2.24, 2.45) is 5.41 Å². The number of amides is 4. The molecule has 0 aliphatic heterocycles. The fourth-order valence-electron chi connectivity index (χ4n) is 3.09. The molecule has 1 aliphatic carbocycles. The maximum atomic E-state index is 12.6. The van der Waals surface area contributed by atoms with Crippen LogP contribution in [0.4, 0.5) is 4.79 Å². The average molecular weight is 383 g/mol. The third kappa shape index (κ3) is 8.41. The number of rotatable bonds is 5. The molecule has 154 valence electrons. The molecule has 0 aromatic heterocycles. The minimum absolute atomic E-state index is 0.0369. The first-order chi connectivity index (χ1) is 12.2. The molecular formula is C19H33N3O5. The van der Waals surface area contributed by atoms with Gasteiger partial charge in [0.25, 0.3) is 5.91 Å².